The Labute approximate surface area is 94.8 Å². The van der Waals surface area contributed by atoms with Gasteiger partial charge in [0.25, 0.3) is 0 Å². The van der Waals surface area contributed by atoms with Gasteiger partial charge in [0.15, 0.2) is 0 Å². The summed E-state index contributed by atoms with van der Waals surface area (Å²) in [5.41, 5.74) is 8.07. The minimum atomic E-state index is -0.0592. The van der Waals surface area contributed by atoms with Gasteiger partial charge in [0.2, 0.25) is 0 Å². The number of ketones is 1. The molecule has 5 nitrogen and oxygen atoms in total. The molecular weight excluding hydrogens is 212 g/mol. The summed E-state index contributed by atoms with van der Waals surface area (Å²) in [6.45, 7) is 2.39. The van der Waals surface area contributed by atoms with Crippen molar-refractivity contribution < 1.29 is 4.79 Å². The predicted octanol–water partition coefficient (Wildman–Crippen LogP) is 2.68. The topological polar surface area (TPSA) is 77.9 Å². The van der Waals surface area contributed by atoms with E-state index in [0.717, 1.165) is 19.3 Å². The third kappa shape index (κ3) is 7.25. The van der Waals surface area contributed by atoms with E-state index in [4.69, 9.17) is 5.53 Å². The highest BCUT2D eigenvalue weighted by molar-refractivity contribution is 7.96. The van der Waals surface area contributed by atoms with Crippen LogP contribution in [-0.2, 0) is 4.79 Å². The lowest BCUT2D eigenvalue weighted by molar-refractivity contribution is -0.120. The van der Waals surface area contributed by atoms with E-state index in [1.807, 2.05) is 13.2 Å². The first-order valence-corrected chi connectivity index (χ1v) is 6.30. The third-order valence-electron chi connectivity index (χ3n) is 2.06. The number of unbranched alkanes of at least 4 members (excludes halogenated alkanes) is 1. The van der Waals surface area contributed by atoms with Gasteiger partial charge >= 0.3 is 0 Å². The maximum atomic E-state index is 11.5. The maximum absolute atomic E-state index is 11.5. The van der Waals surface area contributed by atoms with Gasteiger partial charge in [0, 0.05) is 17.9 Å². The molecule has 0 aromatic rings. The molecule has 15 heavy (non-hydrogen) atoms. The van der Waals surface area contributed by atoms with Crippen molar-refractivity contribution in [1.29, 1.82) is 0 Å². The van der Waals surface area contributed by atoms with Crippen molar-refractivity contribution in [3.8, 4) is 0 Å². The van der Waals surface area contributed by atoms with Crippen LogP contribution in [0.15, 0.2) is 5.11 Å². The van der Waals surface area contributed by atoms with Gasteiger partial charge in [-0.15, -0.1) is 0 Å². The average Bonchev–Trinajstić information content (AvgIpc) is 2.26. The highest BCUT2D eigenvalue weighted by Crippen LogP contribution is 2.07. The summed E-state index contributed by atoms with van der Waals surface area (Å²) >= 11 is 1.47. The minimum Gasteiger partial charge on any atom is -0.298 e. The fourth-order valence-electron chi connectivity index (χ4n) is 1.25. The SMILES string of the molecule is CCC(=O)[C@H](CCCCN=[N+]=[N-])NSC. The number of carbonyl (C=O) groups excluding carboxylic acids is 1. The largest absolute Gasteiger partial charge is 0.298 e. The summed E-state index contributed by atoms with van der Waals surface area (Å²) in [4.78, 5) is 14.1. The minimum absolute atomic E-state index is 0.0592. The fourth-order valence-corrected chi connectivity index (χ4v) is 1.78. The first-order chi connectivity index (χ1) is 7.26. The molecule has 0 saturated heterocycles. The molecule has 0 aliphatic heterocycles. The Morgan fingerprint density at radius 2 is 2.33 bits per heavy atom. The molecule has 0 saturated carbocycles. The zero-order valence-corrected chi connectivity index (χ0v) is 10.1. The van der Waals surface area contributed by atoms with E-state index in [9.17, 15) is 4.79 Å². The monoisotopic (exact) mass is 230 g/mol. The average molecular weight is 230 g/mol. The second kappa shape index (κ2) is 9.83. The van der Waals surface area contributed by atoms with Crippen LogP contribution in [0.4, 0.5) is 0 Å². The molecule has 0 rings (SSSR count). The van der Waals surface area contributed by atoms with Crippen LogP contribution in [0.5, 0.6) is 0 Å². The summed E-state index contributed by atoms with van der Waals surface area (Å²) in [6, 6.07) is -0.0592. The third-order valence-corrected chi connectivity index (χ3v) is 2.58. The molecule has 0 radical (unpaired) electrons. The molecule has 0 fully saturated rings. The van der Waals surface area contributed by atoms with E-state index < -0.39 is 0 Å². The van der Waals surface area contributed by atoms with E-state index >= 15 is 0 Å². The predicted molar refractivity (Wildman–Crippen MR) is 63.6 cm³/mol. The number of hydrogen-bond donors (Lipinski definition) is 1. The number of carbonyl (C=O) groups is 1. The Bertz CT molecular complexity index is 228. The van der Waals surface area contributed by atoms with Crippen LogP contribution in [0.25, 0.3) is 10.4 Å². The van der Waals surface area contributed by atoms with Crippen molar-refractivity contribution in [2.45, 2.75) is 38.6 Å². The van der Waals surface area contributed by atoms with Crippen molar-refractivity contribution in [3.05, 3.63) is 10.4 Å². The van der Waals surface area contributed by atoms with Crippen LogP contribution in [0, 0.1) is 0 Å². The molecule has 0 amide bonds. The van der Waals surface area contributed by atoms with Crippen LogP contribution in [0.2, 0.25) is 0 Å². The van der Waals surface area contributed by atoms with E-state index in [1.54, 1.807) is 0 Å². The van der Waals surface area contributed by atoms with Gasteiger partial charge in [-0.25, -0.2) is 0 Å². The van der Waals surface area contributed by atoms with Crippen LogP contribution in [0.3, 0.4) is 0 Å². The van der Waals surface area contributed by atoms with E-state index in [-0.39, 0.29) is 11.8 Å². The first-order valence-electron chi connectivity index (χ1n) is 5.08. The molecule has 0 heterocycles. The number of Topliss-reactive ketones (excluding diaryl/α,β-unsaturated/α-hetero) is 1. The summed E-state index contributed by atoms with van der Waals surface area (Å²) in [6.07, 6.45) is 5.04. The van der Waals surface area contributed by atoms with E-state index in [0.29, 0.717) is 13.0 Å². The summed E-state index contributed by atoms with van der Waals surface area (Å²) in [5.74, 6) is 0.244. The van der Waals surface area contributed by atoms with Crippen LogP contribution in [0.1, 0.15) is 32.6 Å². The lowest BCUT2D eigenvalue weighted by Gasteiger charge is -2.14. The van der Waals surface area contributed by atoms with Gasteiger partial charge in [-0.05, 0) is 24.6 Å². The van der Waals surface area contributed by atoms with E-state index in [1.165, 1.54) is 11.9 Å². The van der Waals surface area contributed by atoms with Crippen LogP contribution >= 0.6 is 11.9 Å². The molecule has 0 aromatic heterocycles. The number of nitrogens with one attached hydrogen (secondary N) is 1. The molecule has 0 bridgehead atoms. The van der Waals surface area contributed by atoms with Gasteiger partial charge in [0.1, 0.15) is 5.78 Å². The lowest BCUT2D eigenvalue weighted by atomic mass is 10.0. The Kier molecular flexibility index (Phi) is 9.36. The Balaban J connectivity index is 3.75. The number of rotatable bonds is 9. The number of hydrogen-bond acceptors (Lipinski definition) is 4. The fraction of sp³-hybridized carbons (Fsp3) is 0.889. The molecule has 0 aliphatic rings. The number of azide groups is 1. The molecule has 1 N–H and O–H groups in total. The van der Waals surface area contributed by atoms with Gasteiger partial charge in [-0.2, -0.15) is 0 Å². The maximum Gasteiger partial charge on any atom is 0.150 e. The molecule has 0 aliphatic carbocycles. The Morgan fingerprint density at radius 3 is 2.87 bits per heavy atom. The van der Waals surface area contributed by atoms with Crippen molar-refractivity contribution in [1.82, 2.24) is 4.72 Å². The zero-order valence-electron chi connectivity index (χ0n) is 9.27. The van der Waals surface area contributed by atoms with Crippen LogP contribution in [-0.4, -0.2) is 24.6 Å². The lowest BCUT2D eigenvalue weighted by Crippen LogP contribution is -2.31. The van der Waals surface area contributed by atoms with Crippen molar-refractivity contribution in [3.63, 3.8) is 0 Å². The number of nitrogens with zero attached hydrogens (tertiary/aromatic N) is 3. The highest BCUT2D eigenvalue weighted by atomic mass is 32.2. The van der Waals surface area contributed by atoms with Gasteiger partial charge < -0.3 is 0 Å². The van der Waals surface area contributed by atoms with Crippen LogP contribution < -0.4 is 4.72 Å². The Morgan fingerprint density at radius 1 is 1.60 bits per heavy atom. The first kappa shape index (κ1) is 14.3. The van der Waals surface area contributed by atoms with Crippen molar-refractivity contribution in [2.24, 2.45) is 5.11 Å². The van der Waals surface area contributed by atoms with Crippen molar-refractivity contribution >= 4 is 17.7 Å². The standard InChI is InChI=1S/C9H18N4OS/c1-3-9(14)8(12-15-2)6-4-5-7-11-13-10/h8,12H,3-7H2,1-2H3/t8-/m0/s1. The molecule has 0 unspecified atom stereocenters. The Hall–Kier alpha value is -0.710. The summed E-state index contributed by atoms with van der Waals surface area (Å²) in [5, 5.41) is 3.45. The molecule has 0 aromatic carbocycles. The molecule has 1 atom stereocenters. The molecular formula is C9H18N4OS. The second-order valence-electron chi connectivity index (χ2n) is 3.14. The van der Waals surface area contributed by atoms with Gasteiger partial charge in [0.05, 0.1) is 6.04 Å². The zero-order chi connectivity index (χ0) is 11.5. The molecule has 86 valence electrons. The van der Waals surface area contributed by atoms with Gasteiger partial charge in [-0.1, -0.05) is 30.4 Å². The molecule has 6 heteroatoms. The normalized spacial score (nSPS) is 11.9. The smallest absolute Gasteiger partial charge is 0.150 e. The van der Waals surface area contributed by atoms with Crippen molar-refractivity contribution in [2.75, 3.05) is 12.8 Å². The quantitative estimate of drug-likeness (QED) is 0.217. The summed E-state index contributed by atoms with van der Waals surface area (Å²) in [7, 11) is 0. The summed E-state index contributed by atoms with van der Waals surface area (Å²) < 4.78 is 3.09. The second-order valence-corrected chi connectivity index (χ2v) is 3.79. The van der Waals surface area contributed by atoms with Gasteiger partial charge in [-0.3, -0.25) is 9.52 Å². The van der Waals surface area contributed by atoms with E-state index in [2.05, 4.69) is 14.7 Å². The molecule has 0 spiro atoms. The highest BCUT2D eigenvalue weighted by Gasteiger charge is 2.14.